The third kappa shape index (κ3) is 7.41. The zero-order valence-electron chi connectivity index (χ0n) is 22.2. The van der Waals surface area contributed by atoms with Crippen LogP contribution in [-0.4, -0.2) is 27.1 Å². The van der Waals surface area contributed by atoms with Crippen LogP contribution in [0.4, 0.5) is 0 Å². The van der Waals surface area contributed by atoms with Crippen molar-refractivity contribution >= 4 is 21.9 Å². The molecule has 3 aromatic rings. The summed E-state index contributed by atoms with van der Waals surface area (Å²) >= 11 is 0. The van der Waals surface area contributed by atoms with Gasteiger partial charge in [0.25, 0.3) is 15.9 Å². The van der Waals surface area contributed by atoms with E-state index in [9.17, 15) is 23.1 Å². The van der Waals surface area contributed by atoms with E-state index in [4.69, 9.17) is 14.2 Å². The molecule has 39 heavy (non-hydrogen) atoms. The molecule has 1 atom stereocenters. The molecule has 11 heteroatoms. The summed E-state index contributed by atoms with van der Waals surface area (Å²) < 4.78 is 45.1. The van der Waals surface area contributed by atoms with Gasteiger partial charge in [0.05, 0.1) is 10.9 Å². The Bertz CT molecular complexity index is 1450. The van der Waals surface area contributed by atoms with Gasteiger partial charge < -0.3 is 24.1 Å². The molecule has 0 saturated carbocycles. The largest absolute Gasteiger partial charge is 1.00 e. The molecule has 0 aliphatic carbocycles. The summed E-state index contributed by atoms with van der Waals surface area (Å²) in [6, 6.07) is 15.2. The van der Waals surface area contributed by atoms with Crippen LogP contribution in [-0.2, 0) is 21.2 Å². The maximum Gasteiger partial charge on any atom is 1.00 e. The van der Waals surface area contributed by atoms with Crippen LogP contribution >= 0.6 is 0 Å². The number of carboxylic acid groups (broad SMARTS) is 1. The number of aryl methyl sites for hydroxylation is 1. The standard InChI is InChI=1S/C28H29NO8S.K/c1-4-5-19-14-21(28(31)32)9-12-23(19)37-26(20-8-13-24-25(15-20)36-16-35-24)27(30)29-38(33,34)22-10-6-18(7-11-22)17(2)3;/h6-15,17,26H,4-5,16H2,1-3H3,(H,29,30)(H,31,32);/q;+1/p-1. The maximum absolute atomic E-state index is 13.5. The summed E-state index contributed by atoms with van der Waals surface area (Å²) in [5, 5.41) is 11.4. The molecule has 0 aromatic heterocycles. The third-order valence-corrected chi connectivity index (χ3v) is 7.45. The number of benzene rings is 3. The third-order valence-electron chi connectivity index (χ3n) is 6.09. The maximum atomic E-state index is 13.5. The van der Waals surface area contributed by atoms with Gasteiger partial charge in [-0.15, -0.1) is 0 Å². The number of carboxylic acids is 1. The second-order valence-corrected chi connectivity index (χ2v) is 10.8. The van der Waals surface area contributed by atoms with Gasteiger partial charge in [-0.25, -0.2) is 13.1 Å². The van der Waals surface area contributed by atoms with Crippen molar-refractivity contribution in [3.8, 4) is 17.2 Å². The first kappa shape index (κ1) is 31.1. The van der Waals surface area contributed by atoms with Crippen molar-refractivity contribution in [2.45, 2.75) is 50.5 Å². The van der Waals surface area contributed by atoms with Gasteiger partial charge >= 0.3 is 51.4 Å². The first-order valence-corrected chi connectivity index (χ1v) is 13.6. The zero-order valence-corrected chi connectivity index (χ0v) is 26.2. The molecule has 3 aromatic carbocycles. The molecule has 0 radical (unpaired) electrons. The number of hydrogen-bond donors (Lipinski definition) is 1. The molecule has 4 rings (SSSR count). The smallest absolute Gasteiger partial charge is 0.545 e. The molecular weight excluding hydrogens is 549 g/mol. The van der Waals surface area contributed by atoms with Crippen LogP contribution in [0.3, 0.4) is 0 Å². The fourth-order valence-corrected chi connectivity index (χ4v) is 5.02. The number of rotatable bonds is 10. The van der Waals surface area contributed by atoms with Crippen LogP contribution in [0.15, 0.2) is 65.6 Å². The van der Waals surface area contributed by atoms with Crippen LogP contribution in [0.2, 0.25) is 0 Å². The Hall–Kier alpha value is -2.41. The van der Waals surface area contributed by atoms with Crippen molar-refractivity contribution in [1.82, 2.24) is 4.72 Å². The number of aromatic carboxylic acids is 1. The molecule has 1 aliphatic heterocycles. The average Bonchev–Trinajstić information content (AvgIpc) is 3.35. The van der Waals surface area contributed by atoms with E-state index in [1.807, 2.05) is 20.8 Å². The Kier molecular flexibility index (Phi) is 10.6. The van der Waals surface area contributed by atoms with Crippen molar-refractivity contribution in [3.05, 3.63) is 82.9 Å². The normalized spacial score (nSPS) is 12.9. The molecule has 0 spiro atoms. The topological polar surface area (TPSA) is 131 Å². The Morgan fingerprint density at radius 3 is 2.28 bits per heavy atom. The van der Waals surface area contributed by atoms with Crippen LogP contribution in [0.25, 0.3) is 0 Å². The Labute approximate surface area is 270 Å². The van der Waals surface area contributed by atoms with E-state index in [-0.39, 0.29) is 80.3 Å². The number of fused-ring (bicyclic) bond motifs is 1. The summed E-state index contributed by atoms with van der Waals surface area (Å²) in [5.41, 5.74) is 1.79. The molecular formula is C28H28KNO8S. The Morgan fingerprint density at radius 1 is 0.974 bits per heavy atom. The molecule has 200 valence electrons. The number of sulfonamides is 1. The van der Waals surface area contributed by atoms with Crippen molar-refractivity contribution in [1.29, 1.82) is 0 Å². The fourth-order valence-electron chi connectivity index (χ4n) is 4.04. The van der Waals surface area contributed by atoms with Gasteiger partial charge in [0, 0.05) is 5.56 Å². The van der Waals surface area contributed by atoms with Crippen molar-refractivity contribution in [2.75, 3.05) is 6.79 Å². The first-order valence-electron chi connectivity index (χ1n) is 12.2. The van der Waals surface area contributed by atoms with E-state index in [1.54, 1.807) is 30.3 Å². The molecule has 1 aliphatic rings. The fraction of sp³-hybridized carbons (Fsp3) is 0.286. The number of carbonyl (C=O) groups excluding carboxylic acids is 2. The number of carbonyl (C=O) groups is 2. The van der Waals surface area contributed by atoms with Gasteiger partial charge in [-0.05, 0) is 71.5 Å². The van der Waals surface area contributed by atoms with E-state index >= 15 is 0 Å². The average molecular weight is 578 g/mol. The Morgan fingerprint density at radius 2 is 1.64 bits per heavy atom. The van der Waals surface area contributed by atoms with Gasteiger partial charge in [-0.3, -0.25) is 4.79 Å². The Balaban J connectivity index is 0.00000420. The van der Waals surface area contributed by atoms with E-state index in [1.165, 1.54) is 30.3 Å². The first-order chi connectivity index (χ1) is 18.1. The molecule has 0 bridgehead atoms. The van der Waals surface area contributed by atoms with Crippen LogP contribution in [0, 0.1) is 0 Å². The summed E-state index contributed by atoms with van der Waals surface area (Å²) in [4.78, 5) is 24.8. The molecule has 0 saturated heterocycles. The summed E-state index contributed by atoms with van der Waals surface area (Å²) in [6.07, 6.45) is -0.264. The summed E-state index contributed by atoms with van der Waals surface area (Å²) in [6.45, 7) is 5.91. The second-order valence-electron chi connectivity index (χ2n) is 9.16. The van der Waals surface area contributed by atoms with Gasteiger partial charge in [-0.1, -0.05) is 45.4 Å². The number of ether oxygens (including phenoxy) is 3. The molecule has 1 heterocycles. The predicted octanol–water partition coefficient (Wildman–Crippen LogP) is 0.484. The minimum absolute atomic E-state index is 0. The number of amides is 1. The zero-order chi connectivity index (χ0) is 27.4. The molecule has 1 N–H and O–H groups in total. The molecule has 9 nitrogen and oxygen atoms in total. The van der Waals surface area contributed by atoms with Crippen LogP contribution in [0.1, 0.15) is 66.3 Å². The molecule has 0 fully saturated rings. The quantitative estimate of drug-likeness (QED) is 0.345. The van der Waals surface area contributed by atoms with Crippen molar-refractivity contribution in [3.63, 3.8) is 0 Å². The summed E-state index contributed by atoms with van der Waals surface area (Å²) in [7, 11) is -4.22. The van der Waals surface area contributed by atoms with Crippen LogP contribution in [0.5, 0.6) is 17.2 Å². The predicted molar refractivity (Wildman–Crippen MR) is 137 cm³/mol. The SMILES string of the molecule is CCCc1cc(C(=O)[O-])ccc1OC(C(=O)NS(=O)(=O)c1ccc(C(C)C)cc1)c1ccc2c(c1)OCO2.[K+]. The van der Waals surface area contributed by atoms with Crippen molar-refractivity contribution in [2.24, 2.45) is 0 Å². The summed E-state index contributed by atoms with van der Waals surface area (Å²) in [5.74, 6) is -0.941. The van der Waals surface area contributed by atoms with E-state index in [2.05, 4.69) is 4.72 Å². The monoisotopic (exact) mass is 577 g/mol. The van der Waals surface area contributed by atoms with Gasteiger partial charge in [0.1, 0.15) is 5.75 Å². The van der Waals surface area contributed by atoms with Crippen LogP contribution < -0.4 is 75.4 Å². The molecule has 1 unspecified atom stereocenters. The van der Waals surface area contributed by atoms with E-state index in [0.29, 0.717) is 35.5 Å². The van der Waals surface area contributed by atoms with E-state index < -0.39 is 28.0 Å². The van der Waals surface area contributed by atoms with Gasteiger partial charge in [0.2, 0.25) is 12.9 Å². The molecule has 1 amide bonds. The van der Waals surface area contributed by atoms with Crippen molar-refractivity contribution < 1.29 is 88.7 Å². The van der Waals surface area contributed by atoms with E-state index in [0.717, 1.165) is 5.56 Å². The van der Waals surface area contributed by atoms with Gasteiger partial charge in [-0.2, -0.15) is 0 Å². The second kappa shape index (κ2) is 13.3. The minimum Gasteiger partial charge on any atom is -0.545 e. The van der Waals surface area contributed by atoms with Gasteiger partial charge in [0.15, 0.2) is 11.5 Å². The minimum atomic E-state index is -4.22. The number of hydrogen-bond acceptors (Lipinski definition) is 8. The number of nitrogens with one attached hydrogen (secondary N) is 1.